The van der Waals surface area contributed by atoms with Crippen molar-refractivity contribution in [2.75, 3.05) is 11.5 Å². The molecular weight excluding hydrogens is 447 g/mol. The van der Waals surface area contributed by atoms with Crippen LogP contribution in [-0.4, -0.2) is 28.4 Å². The monoisotopic (exact) mass is 466 g/mol. The van der Waals surface area contributed by atoms with Gasteiger partial charge in [-0.1, -0.05) is 11.6 Å². The van der Waals surface area contributed by atoms with Gasteiger partial charge in [-0.25, -0.2) is 4.39 Å². The third-order valence-electron chi connectivity index (χ3n) is 5.40. The van der Waals surface area contributed by atoms with Gasteiger partial charge in [0.2, 0.25) is 0 Å². The van der Waals surface area contributed by atoms with Crippen LogP contribution in [-0.2, 0) is 9.59 Å². The molecular formula is C25H20ClFN2O4. The number of aliphatic hydroxyl groups excluding tert-OH is 1. The fraction of sp³-hybridized carbons (Fsp3) is 0.160. The maximum absolute atomic E-state index is 13.8. The number of halogens is 2. The quantitative estimate of drug-likeness (QED) is 0.317. The molecule has 4 rings (SSSR count). The van der Waals surface area contributed by atoms with Crippen molar-refractivity contribution in [3.63, 3.8) is 0 Å². The zero-order valence-electron chi connectivity index (χ0n) is 17.9. The van der Waals surface area contributed by atoms with E-state index in [9.17, 15) is 19.1 Å². The Kier molecular flexibility index (Phi) is 6.16. The molecule has 0 bridgehead atoms. The van der Waals surface area contributed by atoms with E-state index in [2.05, 4.69) is 4.98 Å². The van der Waals surface area contributed by atoms with Crippen molar-refractivity contribution in [2.24, 2.45) is 0 Å². The van der Waals surface area contributed by atoms with Crippen LogP contribution in [0.1, 0.15) is 29.7 Å². The number of Topliss-reactive ketones (excluding diaryl/α,β-unsaturated/α-hetero) is 1. The van der Waals surface area contributed by atoms with Crippen LogP contribution in [0.5, 0.6) is 5.75 Å². The first-order valence-corrected chi connectivity index (χ1v) is 10.6. The highest BCUT2D eigenvalue weighted by atomic mass is 35.5. The Labute approximate surface area is 194 Å². The van der Waals surface area contributed by atoms with Gasteiger partial charge in [0.15, 0.2) is 0 Å². The summed E-state index contributed by atoms with van der Waals surface area (Å²) in [5.74, 6) is -2.04. The number of nitrogens with zero attached hydrogens (tertiary/aromatic N) is 2. The SMILES string of the molecule is CCOc1ccc(/C(O)=C2\C(=O)C(=O)N(c3ccc(F)c(Cl)c3)C2c2ccncc2)cc1C. The summed E-state index contributed by atoms with van der Waals surface area (Å²) in [5, 5.41) is 11.0. The average molecular weight is 467 g/mol. The number of benzene rings is 2. The molecule has 1 saturated heterocycles. The molecule has 0 radical (unpaired) electrons. The molecule has 1 fully saturated rings. The van der Waals surface area contributed by atoms with Crippen LogP contribution >= 0.6 is 11.6 Å². The van der Waals surface area contributed by atoms with E-state index in [1.165, 1.54) is 29.4 Å². The third-order valence-corrected chi connectivity index (χ3v) is 5.69. The topological polar surface area (TPSA) is 79.7 Å². The molecule has 0 aliphatic carbocycles. The number of aryl methyl sites for hydroxylation is 1. The minimum atomic E-state index is -0.957. The smallest absolute Gasteiger partial charge is 0.300 e. The minimum absolute atomic E-state index is 0.0878. The molecule has 33 heavy (non-hydrogen) atoms. The zero-order chi connectivity index (χ0) is 23.7. The number of anilines is 1. The highest BCUT2D eigenvalue weighted by Gasteiger charge is 2.47. The summed E-state index contributed by atoms with van der Waals surface area (Å²) in [6.07, 6.45) is 3.04. The second-order valence-corrected chi connectivity index (χ2v) is 7.87. The molecule has 0 saturated carbocycles. The Hall–Kier alpha value is -3.71. The van der Waals surface area contributed by atoms with Crippen LogP contribution in [0.2, 0.25) is 5.02 Å². The van der Waals surface area contributed by atoms with E-state index in [0.29, 0.717) is 23.5 Å². The summed E-state index contributed by atoms with van der Waals surface area (Å²) in [5.41, 5.74) is 1.82. The van der Waals surface area contributed by atoms with Gasteiger partial charge in [-0.3, -0.25) is 19.5 Å². The maximum atomic E-state index is 13.8. The molecule has 1 atom stereocenters. The number of carbonyl (C=O) groups excluding carboxylic acids is 2. The number of ether oxygens (including phenoxy) is 1. The lowest BCUT2D eigenvalue weighted by Gasteiger charge is -2.25. The second kappa shape index (κ2) is 9.03. The van der Waals surface area contributed by atoms with Crippen molar-refractivity contribution >= 4 is 34.7 Å². The molecule has 8 heteroatoms. The van der Waals surface area contributed by atoms with E-state index in [1.807, 2.05) is 13.8 Å². The van der Waals surface area contributed by atoms with Gasteiger partial charge in [-0.15, -0.1) is 0 Å². The molecule has 2 aromatic carbocycles. The number of rotatable bonds is 5. The van der Waals surface area contributed by atoms with Crippen molar-refractivity contribution in [1.29, 1.82) is 0 Å². The molecule has 1 aliphatic heterocycles. The second-order valence-electron chi connectivity index (χ2n) is 7.46. The lowest BCUT2D eigenvalue weighted by Crippen LogP contribution is -2.29. The number of amides is 1. The number of hydrogen-bond acceptors (Lipinski definition) is 5. The minimum Gasteiger partial charge on any atom is -0.507 e. The van der Waals surface area contributed by atoms with Gasteiger partial charge < -0.3 is 9.84 Å². The van der Waals surface area contributed by atoms with Gasteiger partial charge in [0.05, 0.1) is 23.2 Å². The van der Waals surface area contributed by atoms with Crippen LogP contribution in [0.3, 0.4) is 0 Å². The number of carbonyl (C=O) groups is 2. The number of hydrogen-bond donors (Lipinski definition) is 1. The molecule has 1 amide bonds. The largest absolute Gasteiger partial charge is 0.507 e. The van der Waals surface area contributed by atoms with Gasteiger partial charge in [-0.05, 0) is 73.5 Å². The summed E-state index contributed by atoms with van der Waals surface area (Å²) < 4.78 is 19.3. The number of pyridine rings is 1. The summed E-state index contributed by atoms with van der Waals surface area (Å²) >= 11 is 5.94. The van der Waals surface area contributed by atoms with Crippen molar-refractivity contribution < 1.29 is 23.8 Å². The molecule has 1 aliphatic rings. The maximum Gasteiger partial charge on any atom is 0.300 e. The summed E-state index contributed by atoms with van der Waals surface area (Å²) in [7, 11) is 0. The van der Waals surface area contributed by atoms with Crippen LogP contribution < -0.4 is 9.64 Å². The molecule has 1 unspecified atom stereocenters. The van der Waals surface area contributed by atoms with E-state index in [1.54, 1.807) is 30.3 Å². The van der Waals surface area contributed by atoms with E-state index >= 15 is 0 Å². The molecule has 1 N–H and O–H groups in total. The van der Waals surface area contributed by atoms with Crippen LogP contribution in [0.4, 0.5) is 10.1 Å². The lowest BCUT2D eigenvalue weighted by atomic mass is 9.95. The highest BCUT2D eigenvalue weighted by molar-refractivity contribution is 6.51. The average Bonchev–Trinajstić information content (AvgIpc) is 3.08. The molecule has 3 aromatic rings. The molecule has 2 heterocycles. The van der Waals surface area contributed by atoms with Crippen LogP contribution in [0.15, 0.2) is 66.5 Å². The predicted molar refractivity (Wildman–Crippen MR) is 123 cm³/mol. The number of aliphatic hydroxyl groups is 1. The van der Waals surface area contributed by atoms with Crippen molar-refractivity contribution in [3.8, 4) is 5.75 Å². The van der Waals surface area contributed by atoms with Crippen molar-refractivity contribution in [1.82, 2.24) is 4.98 Å². The Morgan fingerprint density at radius 2 is 1.88 bits per heavy atom. The van der Waals surface area contributed by atoms with Gasteiger partial charge in [-0.2, -0.15) is 0 Å². The van der Waals surface area contributed by atoms with Crippen molar-refractivity contribution in [2.45, 2.75) is 19.9 Å². The lowest BCUT2D eigenvalue weighted by molar-refractivity contribution is -0.132. The third kappa shape index (κ3) is 4.07. The summed E-state index contributed by atoms with van der Waals surface area (Å²) in [4.78, 5) is 31.4. The fourth-order valence-corrected chi connectivity index (χ4v) is 4.04. The Bertz CT molecular complexity index is 1280. The number of ketones is 1. The normalized spacial score (nSPS) is 17.5. The predicted octanol–water partition coefficient (Wildman–Crippen LogP) is 5.21. The Morgan fingerprint density at radius 3 is 2.52 bits per heavy atom. The first-order valence-electron chi connectivity index (χ1n) is 10.2. The molecule has 1 aromatic heterocycles. The van der Waals surface area contributed by atoms with Gasteiger partial charge >= 0.3 is 0 Å². The Balaban J connectivity index is 1.91. The van der Waals surface area contributed by atoms with E-state index in [4.69, 9.17) is 16.3 Å². The number of aromatic nitrogens is 1. The van der Waals surface area contributed by atoms with E-state index in [-0.39, 0.29) is 22.0 Å². The van der Waals surface area contributed by atoms with Gasteiger partial charge in [0, 0.05) is 23.6 Å². The van der Waals surface area contributed by atoms with Crippen molar-refractivity contribution in [3.05, 3.63) is 94.0 Å². The Morgan fingerprint density at radius 1 is 1.15 bits per heavy atom. The molecule has 6 nitrogen and oxygen atoms in total. The fourth-order valence-electron chi connectivity index (χ4n) is 3.86. The molecule has 0 spiro atoms. The van der Waals surface area contributed by atoms with Gasteiger partial charge in [0.1, 0.15) is 17.3 Å². The first kappa shape index (κ1) is 22.5. The standard InChI is InChI=1S/C25H20ClFN2O4/c1-3-33-20-7-4-16(12-14(20)2)23(30)21-22(15-8-10-28-11-9-15)29(25(32)24(21)31)17-5-6-19(27)18(26)13-17/h4-13,22,30H,3H2,1-2H3/b23-21+. The molecule has 168 valence electrons. The van der Waals surface area contributed by atoms with E-state index in [0.717, 1.165) is 11.6 Å². The van der Waals surface area contributed by atoms with E-state index < -0.39 is 23.5 Å². The zero-order valence-corrected chi connectivity index (χ0v) is 18.6. The summed E-state index contributed by atoms with van der Waals surface area (Å²) in [6, 6.07) is 11.1. The first-order chi connectivity index (χ1) is 15.8. The highest BCUT2D eigenvalue weighted by Crippen LogP contribution is 2.43. The van der Waals surface area contributed by atoms with Crippen LogP contribution in [0.25, 0.3) is 5.76 Å². The summed E-state index contributed by atoms with van der Waals surface area (Å²) in [6.45, 7) is 4.17. The van der Waals surface area contributed by atoms with Gasteiger partial charge in [0.25, 0.3) is 11.7 Å². The van der Waals surface area contributed by atoms with Crippen LogP contribution in [0, 0.1) is 12.7 Å².